The molecule has 0 saturated heterocycles. The smallest absolute Gasteiger partial charge is 0.258 e. The second-order valence-electron chi connectivity index (χ2n) is 6.94. The molecule has 0 aliphatic carbocycles. The van der Waals surface area contributed by atoms with Crippen LogP contribution >= 0.6 is 23.7 Å². The van der Waals surface area contributed by atoms with Gasteiger partial charge >= 0.3 is 0 Å². The van der Waals surface area contributed by atoms with Crippen molar-refractivity contribution in [2.24, 2.45) is 0 Å². The molecule has 0 atom stereocenters. The van der Waals surface area contributed by atoms with E-state index in [-0.39, 0.29) is 24.6 Å². The first-order chi connectivity index (χ1) is 14.2. The van der Waals surface area contributed by atoms with Gasteiger partial charge < -0.3 is 10.1 Å². The number of ether oxygens (including phenoxy) is 1. The van der Waals surface area contributed by atoms with E-state index in [4.69, 9.17) is 4.74 Å². The van der Waals surface area contributed by atoms with Crippen LogP contribution in [-0.2, 0) is 19.6 Å². The van der Waals surface area contributed by atoms with Crippen molar-refractivity contribution in [1.29, 1.82) is 0 Å². The maximum Gasteiger partial charge on any atom is 0.258 e. The number of halogens is 2. The summed E-state index contributed by atoms with van der Waals surface area (Å²) in [7, 11) is 0. The Morgan fingerprint density at radius 1 is 1.20 bits per heavy atom. The zero-order valence-electron chi connectivity index (χ0n) is 15.9. The molecular formula is C22H19ClFN3O2S. The SMILES string of the molecule is Cl.O=c1cc(OCc2ccc(F)cn2)ccn1-c1ccc2c3c(sc2c1)CNCC3. The number of benzene rings is 1. The fourth-order valence-electron chi connectivity index (χ4n) is 3.58. The molecule has 0 fully saturated rings. The molecule has 1 N–H and O–H groups in total. The highest BCUT2D eigenvalue weighted by Gasteiger charge is 2.16. The van der Waals surface area contributed by atoms with Crippen LogP contribution < -0.4 is 15.6 Å². The third kappa shape index (κ3) is 3.96. The van der Waals surface area contributed by atoms with E-state index in [1.807, 2.05) is 6.07 Å². The molecule has 5 nitrogen and oxygen atoms in total. The fraction of sp³-hybridized carbons (Fsp3) is 0.182. The number of thiophene rings is 1. The summed E-state index contributed by atoms with van der Waals surface area (Å²) >= 11 is 1.79. The van der Waals surface area contributed by atoms with E-state index in [1.165, 1.54) is 32.7 Å². The summed E-state index contributed by atoms with van der Waals surface area (Å²) in [4.78, 5) is 18.0. The first kappa shape index (κ1) is 20.5. The van der Waals surface area contributed by atoms with Crippen molar-refractivity contribution in [3.05, 3.63) is 87.2 Å². The lowest BCUT2D eigenvalue weighted by Crippen LogP contribution is -2.21. The second-order valence-corrected chi connectivity index (χ2v) is 8.07. The van der Waals surface area contributed by atoms with E-state index in [0.717, 1.165) is 31.4 Å². The molecule has 0 amide bonds. The Hall–Kier alpha value is -2.74. The van der Waals surface area contributed by atoms with Crippen LogP contribution in [0.4, 0.5) is 4.39 Å². The predicted molar refractivity (Wildman–Crippen MR) is 119 cm³/mol. The van der Waals surface area contributed by atoms with Crippen LogP contribution in [0, 0.1) is 5.82 Å². The van der Waals surface area contributed by atoms with Gasteiger partial charge in [-0.15, -0.1) is 23.7 Å². The molecule has 0 unspecified atom stereocenters. The maximum atomic E-state index is 12.9. The Bertz CT molecular complexity index is 1250. The van der Waals surface area contributed by atoms with Gasteiger partial charge in [0.2, 0.25) is 0 Å². The van der Waals surface area contributed by atoms with Crippen LogP contribution in [0.5, 0.6) is 5.75 Å². The van der Waals surface area contributed by atoms with Crippen LogP contribution in [-0.4, -0.2) is 16.1 Å². The van der Waals surface area contributed by atoms with Gasteiger partial charge in [-0.2, -0.15) is 0 Å². The van der Waals surface area contributed by atoms with Crippen LogP contribution in [0.1, 0.15) is 16.1 Å². The van der Waals surface area contributed by atoms with Gasteiger partial charge in [-0.1, -0.05) is 6.07 Å². The lowest BCUT2D eigenvalue weighted by molar-refractivity contribution is 0.300. The van der Waals surface area contributed by atoms with Crippen molar-refractivity contribution in [3.63, 3.8) is 0 Å². The van der Waals surface area contributed by atoms with E-state index in [2.05, 4.69) is 22.4 Å². The molecule has 0 radical (unpaired) electrons. The number of rotatable bonds is 4. The number of hydrogen-bond acceptors (Lipinski definition) is 5. The molecule has 8 heteroatoms. The Kier molecular flexibility index (Phi) is 5.85. The summed E-state index contributed by atoms with van der Waals surface area (Å²) in [6.07, 6.45) is 3.90. The number of nitrogens with one attached hydrogen (secondary N) is 1. The zero-order valence-corrected chi connectivity index (χ0v) is 17.6. The molecule has 1 aliphatic heterocycles. The summed E-state index contributed by atoms with van der Waals surface area (Å²) in [5, 5.41) is 4.70. The van der Waals surface area contributed by atoms with Gasteiger partial charge in [0.05, 0.1) is 17.6 Å². The highest BCUT2D eigenvalue weighted by atomic mass is 35.5. The zero-order chi connectivity index (χ0) is 19.8. The molecule has 1 aromatic carbocycles. The molecule has 0 spiro atoms. The molecule has 0 bridgehead atoms. The van der Waals surface area contributed by atoms with Crippen molar-refractivity contribution >= 4 is 33.8 Å². The molecule has 5 rings (SSSR count). The monoisotopic (exact) mass is 443 g/mol. The molecule has 154 valence electrons. The average molecular weight is 444 g/mol. The largest absolute Gasteiger partial charge is 0.487 e. The second kappa shape index (κ2) is 8.55. The van der Waals surface area contributed by atoms with Crippen molar-refractivity contribution in [1.82, 2.24) is 14.9 Å². The number of pyridine rings is 2. The van der Waals surface area contributed by atoms with Crippen LogP contribution in [0.3, 0.4) is 0 Å². The van der Waals surface area contributed by atoms with Gasteiger partial charge in [0.15, 0.2) is 0 Å². The summed E-state index contributed by atoms with van der Waals surface area (Å²) in [5.41, 5.74) is 2.69. The predicted octanol–water partition coefficient (Wildman–Crippen LogP) is 4.23. The normalized spacial score (nSPS) is 13.0. The van der Waals surface area contributed by atoms with Crippen molar-refractivity contribution in [2.75, 3.05) is 6.54 Å². The summed E-state index contributed by atoms with van der Waals surface area (Å²) < 4.78 is 21.4. The number of hydrogen-bond donors (Lipinski definition) is 1. The minimum absolute atomic E-state index is 0. The average Bonchev–Trinajstić information content (AvgIpc) is 3.11. The Morgan fingerprint density at radius 3 is 2.90 bits per heavy atom. The van der Waals surface area contributed by atoms with Gasteiger partial charge in [-0.3, -0.25) is 14.3 Å². The third-order valence-electron chi connectivity index (χ3n) is 5.04. The fourth-order valence-corrected chi connectivity index (χ4v) is 4.84. The standard InChI is InChI=1S/C22H18FN3O2S.ClH/c23-14-1-2-15(25-11-14)13-28-17-6-8-26(22(27)10-17)16-3-4-18-19-5-7-24-12-21(19)29-20(18)9-16;/h1-4,6,8-11,24H,5,7,12-13H2;1H. The summed E-state index contributed by atoms with van der Waals surface area (Å²) in [5.74, 6) is 0.0623. The van der Waals surface area contributed by atoms with Crippen LogP contribution in [0.25, 0.3) is 15.8 Å². The molecule has 4 heterocycles. The maximum absolute atomic E-state index is 12.9. The summed E-state index contributed by atoms with van der Waals surface area (Å²) in [6, 6.07) is 12.3. The Morgan fingerprint density at radius 2 is 2.10 bits per heavy atom. The molecule has 3 aromatic heterocycles. The van der Waals surface area contributed by atoms with Gasteiger partial charge in [0.1, 0.15) is 18.2 Å². The Balaban J connectivity index is 0.00000218. The minimum Gasteiger partial charge on any atom is -0.487 e. The van der Waals surface area contributed by atoms with Crippen molar-refractivity contribution in [3.8, 4) is 11.4 Å². The number of nitrogens with zero attached hydrogens (tertiary/aromatic N) is 2. The lowest BCUT2D eigenvalue weighted by Gasteiger charge is -2.12. The van der Waals surface area contributed by atoms with Gasteiger partial charge in [0.25, 0.3) is 5.56 Å². The van der Waals surface area contributed by atoms with Gasteiger partial charge in [-0.25, -0.2) is 4.39 Å². The number of fused-ring (bicyclic) bond motifs is 3. The number of aromatic nitrogens is 2. The first-order valence-corrected chi connectivity index (χ1v) is 10.2. The van der Waals surface area contributed by atoms with Crippen LogP contribution in [0.2, 0.25) is 0 Å². The molecule has 1 aliphatic rings. The third-order valence-corrected chi connectivity index (χ3v) is 6.24. The van der Waals surface area contributed by atoms with E-state index in [1.54, 1.807) is 34.2 Å². The first-order valence-electron chi connectivity index (χ1n) is 9.39. The molecule has 0 saturated carbocycles. The topological polar surface area (TPSA) is 56.1 Å². The highest BCUT2D eigenvalue weighted by Crippen LogP contribution is 2.34. The van der Waals surface area contributed by atoms with E-state index in [9.17, 15) is 9.18 Å². The molecule has 30 heavy (non-hydrogen) atoms. The lowest BCUT2D eigenvalue weighted by atomic mass is 10.0. The Labute approximate surface area is 182 Å². The quantitative estimate of drug-likeness (QED) is 0.512. The van der Waals surface area contributed by atoms with Gasteiger partial charge in [-0.05, 0) is 54.2 Å². The van der Waals surface area contributed by atoms with Gasteiger partial charge in [0, 0.05) is 28.4 Å². The van der Waals surface area contributed by atoms with Crippen LogP contribution in [0.15, 0.2) is 59.7 Å². The van der Waals surface area contributed by atoms with E-state index >= 15 is 0 Å². The van der Waals surface area contributed by atoms with Crippen molar-refractivity contribution in [2.45, 2.75) is 19.6 Å². The minimum atomic E-state index is -0.392. The van der Waals surface area contributed by atoms with E-state index in [0.29, 0.717) is 11.4 Å². The molecule has 4 aromatic rings. The highest BCUT2D eigenvalue weighted by molar-refractivity contribution is 7.19. The van der Waals surface area contributed by atoms with Crippen molar-refractivity contribution < 1.29 is 9.13 Å². The molecular weight excluding hydrogens is 425 g/mol. The summed E-state index contributed by atoms with van der Waals surface area (Å²) in [6.45, 7) is 2.10. The van der Waals surface area contributed by atoms with E-state index < -0.39 is 5.82 Å².